The summed E-state index contributed by atoms with van der Waals surface area (Å²) in [6, 6.07) is 9.06. The normalized spacial score (nSPS) is 14.3. The van der Waals surface area contributed by atoms with E-state index in [1.807, 2.05) is 0 Å². The van der Waals surface area contributed by atoms with Gasteiger partial charge in [-0.05, 0) is 56.0 Å². The number of halogens is 3. The van der Waals surface area contributed by atoms with Crippen LogP contribution in [-0.2, 0) is 16.1 Å². The molecule has 2 aromatic rings. The van der Waals surface area contributed by atoms with E-state index < -0.39 is 37.2 Å². The molecule has 1 saturated carbocycles. The summed E-state index contributed by atoms with van der Waals surface area (Å²) in [7, 11) is 1.44. The lowest BCUT2D eigenvalue weighted by molar-refractivity contribution is -0.167. The molecule has 1 aromatic heterocycles. The van der Waals surface area contributed by atoms with Crippen molar-refractivity contribution in [3.8, 4) is 11.5 Å². The van der Waals surface area contributed by atoms with Gasteiger partial charge in [0, 0.05) is 12.2 Å². The average molecular weight is 466 g/mol. The van der Waals surface area contributed by atoms with Crippen LogP contribution in [0, 0.1) is 5.92 Å². The largest absolute Gasteiger partial charge is 0.493 e. The van der Waals surface area contributed by atoms with Crippen LogP contribution in [0.5, 0.6) is 11.5 Å². The number of methoxy groups -OCH3 is 1. The van der Waals surface area contributed by atoms with Crippen molar-refractivity contribution in [3.63, 3.8) is 0 Å². The zero-order valence-electron chi connectivity index (χ0n) is 18.3. The van der Waals surface area contributed by atoms with Crippen molar-refractivity contribution in [2.75, 3.05) is 20.3 Å². The Morgan fingerprint density at radius 3 is 2.55 bits per heavy atom. The number of hydrogen-bond acceptors (Lipinski definition) is 6. The third-order valence-electron chi connectivity index (χ3n) is 5.29. The minimum absolute atomic E-state index is 0.0346. The van der Waals surface area contributed by atoms with E-state index in [2.05, 4.69) is 4.98 Å². The second-order valence-electron chi connectivity index (χ2n) is 7.77. The van der Waals surface area contributed by atoms with Crippen LogP contribution in [0.2, 0.25) is 0 Å². The van der Waals surface area contributed by atoms with Gasteiger partial charge in [-0.3, -0.25) is 9.78 Å². The lowest BCUT2D eigenvalue weighted by Crippen LogP contribution is -2.47. The predicted molar refractivity (Wildman–Crippen MR) is 112 cm³/mol. The lowest BCUT2D eigenvalue weighted by Gasteiger charge is -2.30. The Morgan fingerprint density at radius 1 is 1.18 bits per heavy atom. The van der Waals surface area contributed by atoms with Crippen molar-refractivity contribution in [2.24, 2.45) is 5.92 Å². The molecule has 1 aliphatic carbocycles. The molecule has 0 bridgehead atoms. The molecule has 33 heavy (non-hydrogen) atoms. The number of carbonyl (C=O) groups excluding carboxylic acids is 2. The van der Waals surface area contributed by atoms with Crippen molar-refractivity contribution in [1.82, 2.24) is 9.88 Å². The van der Waals surface area contributed by atoms with Gasteiger partial charge in [-0.2, -0.15) is 13.2 Å². The number of ether oxygens (including phenoxy) is 3. The number of pyridine rings is 1. The van der Waals surface area contributed by atoms with E-state index in [-0.39, 0.29) is 23.8 Å². The van der Waals surface area contributed by atoms with Crippen LogP contribution < -0.4 is 9.47 Å². The summed E-state index contributed by atoms with van der Waals surface area (Å²) in [5.41, 5.74) is 0.727. The summed E-state index contributed by atoms with van der Waals surface area (Å²) in [5.74, 6) is -1.09. The maximum absolute atomic E-state index is 13.0. The maximum atomic E-state index is 13.0. The first-order valence-corrected chi connectivity index (χ1v) is 10.4. The van der Waals surface area contributed by atoms with Crippen LogP contribution in [0.4, 0.5) is 13.2 Å². The molecule has 1 fully saturated rings. The number of amides is 1. The third kappa shape index (κ3) is 7.10. The highest BCUT2D eigenvalue weighted by molar-refractivity contribution is 5.92. The molecule has 1 aliphatic rings. The number of aromatic nitrogens is 1. The number of esters is 1. The molecule has 0 saturated heterocycles. The smallest absolute Gasteiger partial charge is 0.406 e. The van der Waals surface area contributed by atoms with Gasteiger partial charge in [-0.1, -0.05) is 6.07 Å². The maximum Gasteiger partial charge on any atom is 0.406 e. The fourth-order valence-corrected chi connectivity index (χ4v) is 3.33. The van der Waals surface area contributed by atoms with Crippen molar-refractivity contribution in [2.45, 2.75) is 38.6 Å². The standard InChI is InChI=1S/C23H25F3N2O5/c1-15(16-6-7-16)28(14-23(24,25)26)21(29)13-33-22(30)17-8-9-19(31-2)20(11-17)32-12-18-5-3-4-10-27-18/h3-5,8-11,15-16H,6-7,12-14H2,1-2H3/t15-/m0/s1. The predicted octanol–water partition coefficient (Wildman–Crippen LogP) is 4.02. The van der Waals surface area contributed by atoms with Gasteiger partial charge in [0.05, 0.1) is 18.4 Å². The molecule has 178 valence electrons. The second kappa shape index (κ2) is 10.5. The van der Waals surface area contributed by atoms with Crippen LogP contribution in [0.3, 0.4) is 0 Å². The average Bonchev–Trinajstić information content (AvgIpc) is 3.64. The molecule has 7 nitrogen and oxygen atoms in total. The van der Waals surface area contributed by atoms with Crippen LogP contribution in [0.25, 0.3) is 0 Å². The molecular weight excluding hydrogens is 441 g/mol. The van der Waals surface area contributed by atoms with Crippen molar-refractivity contribution in [1.29, 1.82) is 0 Å². The highest BCUT2D eigenvalue weighted by atomic mass is 19.4. The van der Waals surface area contributed by atoms with Gasteiger partial charge < -0.3 is 19.1 Å². The van der Waals surface area contributed by atoms with E-state index in [0.717, 1.165) is 17.7 Å². The first-order valence-electron chi connectivity index (χ1n) is 10.4. The van der Waals surface area contributed by atoms with Crippen molar-refractivity contribution >= 4 is 11.9 Å². The SMILES string of the molecule is COc1ccc(C(=O)OCC(=O)N(CC(F)(F)F)[C@@H](C)C2CC2)cc1OCc1ccccn1. The fourth-order valence-electron chi connectivity index (χ4n) is 3.33. The number of benzene rings is 1. The van der Waals surface area contributed by atoms with Gasteiger partial charge in [0.25, 0.3) is 5.91 Å². The number of carbonyl (C=O) groups is 2. The molecule has 0 aliphatic heterocycles. The first kappa shape index (κ1) is 24.3. The Balaban J connectivity index is 1.64. The fraction of sp³-hybridized carbons (Fsp3) is 0.435. The van der Waals surface area contributed by atoms with E-state index in [4.69, 9.17) is 14.2 Å². The Kier molecular flexibility index (Phi) is 7.78. The molecule has 10 heteroatoms. The van der Waals surface area contributed by atoms with E-state index in [1.54, 1.807) is 31.3 Å². The quantitative estimate of drug-likeness (QED) is 0.493. The molecule has 3 rings (SSSR count). The van der Waals surface area contributed by atoms with Crippen LogP contribution in [0.1, 0.15) is 35.8 Å². The summed E-state index contributed by atoms with van der Waals surface area (Å²) < 4.78 is 54.8. The Labute approximate surface area is 189 Å². The van der Waals surface area contributed by atoms with Crippen molar-refractivity contribution < 1.29 is 37.0 Å². The van der Waals surface area contributed by atoms with Gasteiger partial charge >= 0.3 is 12.1 Å². The molecule has 0 radical (unpaired) electrons. The van der Waals surface area contributed by atoms with Gasteiger partial charge in [0.2, 0.25) is 0 Å². The molecule has 0 unspecified atom stereocenters. The van der Waals surface area contributed by atoms with Gasteiger partial charge in [-0.15, -0.1) is 0 Å². The monoisotopic (exact) mass is 466 g/mol. The molecule has 0 N–H and O–H groups in total. The molecule has 1 atom stereocenters. The van der Waals surface area contributed by atoms with E-state index in [0.29, 0.717) is 11.4 Å². The lowest BCUT2D eigenvalue weighted by atomic mass is 10.1. The Morgan fingerprint density at radius 2 is 1.94 bits per heavy atom. The zero-order valence-corrected chi connectivity index (χ0v) is 18.3. The zero-order chi connectivity index (χ0) is 24.0. The van der Waals surface area contributed by atoms with E-state index in [9.17, 15) is 22.8 Å². The van der Waals surface area contributed by atoms with E-state index in [1.165, 1.54) is 25.3 Å². The Hall–Kier alpha value is -3.30. The molecule has 1 heterocycles. The number of rotatable bonds is 10. The highest BCUT2D eigenvalue weighted by Crippen LogP contribution is 2.36. The summed E-state index contributed by atoms with van der Waals surface area (Å²) in [5, 5.41) is 0. The van der Waals surface area contributed by atoms with Gasteiger partial charge in [-0.25, -0.2) is 4.79 Å². The minimum atomic E-state index is -4.54. The molecule has 0 spiro atoms. The molecule has 1 amide bonds. The summed E-state index contributed by atoms with van der Waals surface area (Å²) in [6.07, 6.45) is -1.38. The molecule has 1 aromatic carbocycles. The third-order valence-corrected chi connectivity index (χ3v) is 5.29. The van der Waals surface area contributed by atoms with Crippen molar-refractivity contribution in [3.05, 3.63) is 53.9 Å². The van der Waals surface area contributed by atoms with Crippen LogP contribution in [-0.4, -0.2) is 54.2 Å². The minimum Gasteiger partial charge on any atom is -0.493 e. The van der Waals surface area contributed by atoms with Gasteiger partial charge in [0.1, 0.15) is 13.2 Å². The number of alkyl halides is 3. The number of nitrogens with zero attached hydrogens (tertiary/aromatic N) is 2. The van der Waals surface area contributed by atoms with Gasteiger partial charge in [0.15, 0.2) is 18.1 Å². The van der Waals surface area contributed by atoms with E-state index >= 15 is 0 Å². The summed E-state index contributed by atoms with van der Waals surface area (Å²) >= 11 is 0. The van der Waals surface area contributed by atoms with Crippen LogP contribution in [0.15, 0.2) is 42.6 Å². The summed E-state index contributed by atoms with van der Waals surface area (Å²) in [4.78, 5) is 29.8. The van der Waals surface area contributed by atoms with Crippen LogP contribution >= 0.6 is 0 Å². The first-order chi connectivity index (χ1) is 15.7. The highest BCUT2D eigenvalue weighted by Gasteiger charge is 2.40. The number of hydrogen-bond donors (Lipinski definition) is 0. The second-order valence-corrected chi connectivity index (χ2v) is 7.77. The topological polar surface area (TPSA) is 78.0 Å². The Bertz CT molecular complexity index is 964. The molecular formula is C23H25F3N2O5. The summed E-state index contributed by atoms with van der Waals surface area (Å²) in [6.45, 7) is -0.464.